The SMILES string of the molecule is CCCC(Br)CCC(=O)OCC. The first kappa shape index (κ1) is 11.9. The van der Waals surface area contributed by atoms with E-state index in [0.717, 1.165) is 19.3 Å². The largest absolute Gasteiger partial charge is 0.466 e. The first-order valence-electron chi connectivity index (χ1n) is 4.50. The van der Waals surface area contributed by atoms with Gasteiger partial charge in [-0.25, -0.2) is 0 Å². The summed E-state index contributed by atoms with van der Waals surface area (Å²) in [6, 6.07) is 0. The molecule has 0 aromatic carbocycles. The van der Waals surface area contributed by atoms with Crippen molar-refractivity contribution in [3.63, 3.8) is 0 Å². The Morgan fingerprint density at radius 3 is 2.58 bits per heavy atom. The number of carbonyl (C=O) groups is 1. The second-order valence-corrected chi connectivity index (χ2v) is 4.02. The van der Waals surface area contributed by atoms with Gasteiger partial charge in [0.25, 0.3) is 0 Å². The monoisotopic (exact) mass is 236 g/mol. The molecule has 0 heterocycles. The summed E-state index contributed by atoms with van der Waals surface area (Å²) in [5.41, 5.74) is 0. The quantitative estimate of drug-likeness (QED) is 0.524. The van der Waals surface area contributed by atoms with Gasteiger partial charge in [-0.15, -0.1) is 0 Å². The molecule has 0 aliphatic carbocycles. The Hall–Kier alpha value is -0.0500. The summed E-state index contributed by atoms with van der Waals surface area (Å²) in [4.78, 5) is 11.4. The normalized spacial score (nSPS) is 12.6. The number of alkyl halides is 1. The van der Waals surface area contributed by atoms with Gasteiger partial charge in [0.2, 0.25) is 0 Å². The second kappa shape index (κ2) is 7.59. The van der Waals surface area contributed by atoms with Crippen LogP contribution >= 0.6 is 15.9 Å². The minimum Gasteiger partial charge on any atom is -0.466 e. The summed E-state index contributed by atoms with van der Waals surface area (Å²) >= 11 is 3.51. The summed E-state index contributed by atoms with van der Waals surface area (Å²) in [5, 5.41) is 0. The fraction of sp³-hybridized carbons (Fsp3) is 0.889. The molecule has 72 valence electrons. The first-order valence-corrected chi connectivity index (χ1v) is 5.42. The van der Waals surface area contributed by atoms with Crippen molar-refractivity contribution in [2.24, 2.45) is 0 Å². The smallest absolute Gasteiger partial charge is 0.305 e. The standard InChI is InChI=1S/C9H17BrO2/c1-3-5-8(10)6-7-9(11)12-4-2/h8H,3-7H2,1-2H3. The van der Waals surface area contributed by atoms with Crippen molar-refractivity contribution < 1.29 is 9.53 Å². The zero-order chi connectivity index (χ0) is 9.40. The maximum Gasteiger partial charge on any atom is 0.305 e. The lowest BCUT2D eigenvalue weighted by Crippen LogP contribution is -2.07. The third-order valence-corrected chi connectivity index (χ3v) is 2.48. The summed E-state index contributed by atoms with van der Waals surface area (Å²) in [7, 11) is 0. The van der Waals surface area contributed by atoms with E-state index in [4.69, 9.17) is 4.74 Å². The average Bonchev–Trinajstić information content (AvgIpc) is 2.02. The van der Waals surface area contributed by atoms with E-state index >= 15 is 0 Å². The number of ether oxygens (including phenoxy) is 1. The van der Waals surface area contributed by atoms with Gasteiger partial charge >= 0.3 is 5.97 Å². The molecule has 1 unspecified atom stereocenters. The van der Waals surface area contributed by atoms with Gasteiger partial charge in [-0.2, -0.15) is 0 Å². The minimum atomic E-state index is -0.0851. The van der Waals surface area contributed by atoms with E-state index in [1.54, 1.807) is 0 Å². The van der Waals surface area contributed by atoms with E-state index in [1.165, 1.54) is 0 Å². The van der Waals surface area contributed by atoms with Gasteiger partial charge in [-0.3, -0.25) is 4.79 Å². The maximum atomic E-state index is 10.9. The van der Waals surface area contributed by atoms with E-state index in [1.807, 2.05) is 6.92 Å². The Kier molecular flexibility index (Phi) is 7.56. The van der Waals surface area contributed by atoms with Gasteiger partial charge in [0, 0.05) is 11.2 Å². The molecular weight excluding hydrogens is 220 g/mol. The number of halogens is 1. The zero-order valence-corrected chi connectivity index (χ0v) is 9.39. The van der Waals surface area contributed by atoms with Gasteiger partial charge < -0.3 is 4.74 Å². The van der Waals surface area contributed by atoms with Crippen molar-refractivity contribution in [1.82, 2.24) is 0 Å². The van der Waals surface area contributed by atoms with Crippen LogP contribution in [-0.2, 0) is 9.53 Å². The van der Waals surface area contributed by atoms with Crippen LogP contribution < -0.4 is 0 Å². The molecule has 2 nitrogen and oxygen atoms in total. The van der Waals surface area contributed by atoms with E-state index in [2.05, 4.69) is 22.9 Å². The van der Waals surface area contributed by atoms with Gasteiger partial charge in [-0.1, -0.05) is 29.3 Å². The van der Waals surface area contributed by atoms with Crippen LogP contribution in [0.2, 0.25) is 0 Å². The molecule has 0 N–H and O–H groups in total. The van der Waals surface area contributed by atoms with E-state index in [0.29, 0.717) is 17.9 Å². The maximum absolute atomic E-state index is 10.9. The zero-order valence-electron chi connectivity index (χ0n) is 7.81. The van der Waals surface area contributed by atoms with Crippen LogP contribution in [0.5, 0.6) is 0 Å². The van der Waals surface area contributed by atoms with Crippen LogP contribution in [0.25, 0.3) is 0 Å². The highest BCUT2D eigenvalue weighted by molar-refractivity contribution is 9.09. The van der Waals surface area contributed by atoms with Crippen LogP contribution in [-0.4, -0.2) is 17.4 Å². The molecule has 0 fully saturated rings. The van der Waals surface area contributed by atoms with E-state index < -0.39 is 0 Å². The van der Waals surface area contributed by atoms with Crippen LogP contribution in [0.1, 0.15) is 39.5 Å². The van der Waals surface area contributed by atoms with Crippen molar-refractivity contribution >= 4 is 21.9 Å². The van der Waals surface area contributed by atoms with Crippen molar-refractivity contribution in [2.75, 3.05) is 6.61 Å². The van der Waals surface area contributed by atoms with Crippen LogP contribution in [0, 0.1) is 0 Å². The lowest BCUT2D eigenvalue weighted by atomic mass is 10.1. The second-order valence-electron chi connectivity index (χ2n) is 2.73. The van der Waals surface area contributed by atoms with E-state index in [-0.39, 0.29) is 5.97 Å². The highest BCUT2D eigenvalue weighted by atomic mass is 79.9. The molecule has 1 atom stereocenters. The van der Waals surface area contributed by atoms with Crippen LogP contribution in [0.3, 0.4) is 0 Å². The Bertz CT molecular complexity index is 126. The van der Waals surface area contributed by atoms with Crippen LogP contribution in [0.4, 0.5) is 0 Å². The molecule has 0 saturated heterocycles. The molecule has 0 rings (SSSR count). The highest BCUT2D eigenvalue weighted by Crippen LogP contribution is 2.14. The van der Waals surface area contributed by atoms with Crippen molar-refractivity contribution in [3.8, 4) is 0 Å². The fourth-order valence-corrected chi connectivity index (χ4v) is 1.65. The Balaban J connectivity index is 3.33. The molecule has 0 spiro atoms. The summed E-state index contributed by atoms with van der Waals surface area (Å²) < 4.78 is 4.81. The van der Waals surface area contributed by atoms with Crippen molar-refractivity contribution in [1.29, 1.82) is 0 Å². The molecule has 12 heavy (non-hydrogen) atoms. The van der Waals surface area contributed by atoms with Crippen molar-refractivity contribution in [3.05, 3.63) is 0 Å². The fourth-order valence-electron chi connectivity index (χ4n) is 0.965. The van der Waals surface area contributed by atoms with Gasteiger partial charge in [0.1, 0.15) is 0 Å². The number of esters is 1. The Morgan fingerprint density at radius 1 is 1.42 bits per heavy atom. The minimum absolute atomic E-state index is 0.0851. The average molecular weight is 237 g/mol. The molecular formula is C9H17BrO2. The lowest BCUT2D eigenvalue weighted by molar-refractivity contribution is -0.143. The molecule has 0 aliphatic heterocycles. The first-order chi connectivity index (χ1) is 5.70. The third kappa shape index (κ3) is 6.65. The number of hydrogen-bond donors (Lipinski definition) is 0. The van der Waals surface area contributed by atoms with Crippen molar-refractivity contribution in [2.45, 2.75) is 44.4 Å². The summed E-state index contributed by atoms with van der Waals surface area (Å²) in [6.07, 6.45) is 3.69. The predicted molar refractivity (Wildman–Crippen MR) is 53.5 cm³/mol. The molecule has 0 amide bonds. The van der Waals surface area contributed by atoms with Crippen LogP contribution in [0.15, 0.2) is 0 Å². The molecule has 3 heteroatoms. The molecule has 0 aromatic rings. The lowest BCUT2D eigenvalue weighted by Gasteiger charge is -2.06. The third-order valence-electron chi connectivity index (χ3n) is 1.57. The van der Waals surface area contributed by atoms with Gasteiger partial charge in [0.15, 0.2) is 0 Å². The number of carbonyl (C=O) groups excluding carboxylic acids is 1. The molecule has 0 aliphatic rings. The number of hydrogen-bond acceptors (Lipinski definition) is 2. The topological polar surface area (TPSA) is 26.3 Å². The molecule has 0 radical (unpaired) electrons. The molecule has 0 saturated carbocycles. The van der Waals surface area contributed by atoms with E-state index in [9.17, 15) is 4.79 Å². The molecule has 0 bridgehead atoms. The predicted octanol–water partition coefficient (Wildman–Crippen LogP) is 2.89. The van der Waals surface area contributed by atoms with Gasteiger partial charge in [-0.05, 0) is 19.8 Å². The number of rotatable bonds is 6. The molecule has 0 aromatic heterocycles. The Morgan fingerprint density at radius 2 is 2.08 bits per heavy atom. The van der Waals surface area contributed by atoms with Gasteiger partial charge in [0.05, 0.1) is 6.61 Å². The Labute approximate surface area is 82.8 Å². The highest BCUT2D eigenvalue weighted by Gasteiger charge is 2.07. The summed E-state index contributed by atoms with van der Waals surface area (Å²) in [6.45, 7) is 4.45. The summed E-state index contributed by atoms with van der Waals surface area (Å²) in [5.74, 6) is -0.0851.